The number of carboxylic acid groups (broad SMARTS) is 1. The number of hydrogen-bond acceptors (Lipinski definition) is 4. The largest absolute Gasteiger partial charge is 0.480 e. The van der Waals surface area contributed by atoms with Crippen molar-refractivity contribution in [1.29, 1.82) is 0 Å². The predicted octanol–water partition coefficient (Wildman–Crippen LogP) is 0.325. The van der Waals surface area contributed by atoms with E-state index < -0.39 is 33.2 Å². The summed E-state index contributed by atoms with van der Waals surface area (Å²) in [6, 6.07) is 0. The molecule has 1 heterocycles. The van der Waals surface area contributed by atoms with Crippen LogP contribution in [0.4, 0.5) is 0 Å². The van der Waals surface area contributed by atoms with Crippen LogP contribution in [0.2, 0.25) is 0 Å². The van der Waals surface area contributed by atoms with E-state index in [4.69, 9.17) is 0 Å². The van der Waals surface area contributed by atoms with Gasteiger partial charge in [-0.15, -0.1) is 0 Å². The van der Waals surface area contributed by atoms with Gasteiger partial charge < -0.3 is 10.4 Å². The van der Waals surface area contributed by atoms with Gasteiger partial charge in [0.15, 0.2) is 9.84 Å². The van der Waals surface area contributed by atoms with Crippen molar-refractivity contribution in [3.8, 4) is 0 Å². The lowest BCUT2D eigenvalue weighted by Gasteiger charge is -2.34. The number of carbonyl (C=O) groups excluding carboxylic acids is 1. The van der Waals surface area contributed by atoms with Gasteiger partial charge in [0, 0.05) is 0 Å². The fraction of sp³-hybridized carbons (Fsp3) is 0.833. The van der Waals surface area contributed by atoms with Crippen molar-refractivity contribution in [3.63, 3.8) is 0 Å². The van der Waals surface area contributed by atoms with Crippen molar-refractivity contribution >= 4 is 21.7 Å². The Morgan fingerprint density at radius 2 is 1.79 bits per heavy atom. The van der Waals surface area contributed by atoms with Crippen molar-refractivity contribution in [1.82, 2.24) is 5.32 Å². The molecule has 0 spiro atoms. The SMILES string of the molecule is O=C(NC1(C(=O)O)CCCCC1)C1CCS(=O)(=O)C1. The Hall–Kier alpha value is -1.11. The zero-order chi connectivity index (χ0) is 14.1. The van der Waals surface area contributed by atoms with E-state index in [9.17, 15) is 23.1 Å². The van der Waals surface area contributed by atoms with Crippen molar-refractivity contribution in [2.75, 3.05) is 11.5 Å². The van der Waals surface area contributed by atoms with Gasteiger partial charge in [-0.25, -0.2) is 13.2 Å². The van der Waals surface area contributed by atoms with Gasteiger partial charge in [0.1, 0.15) is 5.54 Å². The molecular formula is C12H19NO5S. The summed E-state index contributed by atoms with van der Waals surface area (Å²) in [5.74, 6) is -2.17. The fourth-order valence-corrected chi connectivity index (χ4v) is 4.63. The zero-order valence-electron chi connectivity index (χ0n) is 10.7. The van der Waals surface area contributed by atoms with Gasteiger partial charge in [0.25, 0.3) is 0 Å². The van der Waals surface area contributed by atoms with E-state index in [1.807, 2.05) is 0 Å². The molecule has 0 aromatic rings. The molecule has 2 rings (SSSR count). The molecule has 108 valence electrons. The molecule has 1 amide bonds. The quantitative estimate of drug-likeness (QED) is 0.779. The number of rotatable bonds is 3. The number of carbonyl (C=O) groups is 2. The maximum atomic E-state index is 12.1. The molecule has 7 heteroatoms. The first-order chi connectivity index (χ1) is 8.85. The average Bonchev–Trinajstić information content (AvgIpc) is 2.71. The van der Waals surface area contributed by atoms with E-state index in [0.29, 0.717) is 19.3 Å². The van der Waals surface area contributed by atoms with E-state index in [0.717, 1.165) is 19.3 Å². The molecule has 1 aliphatic heterocycles. The summed E-state index contributed by atoms with van der Waals surface area (Å²) in [5.41, 5.74) is -1.19. The summed E-state index contributed by atoms with van der Waals surface area (Å²) in [5, 5.41) is 12.0. The van der Waals surface area contributed by atoms with Gasteiger partial charge >= 0.3 is 5.97 Å². The van der Waals surface area contributed by atoms with Crippen LogP contribution in [0.1, 0.15) is 38.5 Å². The van der Waals surface area contributed by atoms with Gasteiger partial charge in [0.2, 0.25) is 5.91 Å². The summed E-state index contributed by atoms with van der Waals surface area (Å²) in [4.78, 5) is 23.5. The van der Waals surface area contributed by atoms with E-state index in [1.165, 1.54) is 0 Å². The lowest BCUT2D eigenvalue weighted by molar-refractivity contribution is -0.149. The summed E-state index contributed by atoms with van der Waals surface area (Å²) in [7, 11) is -3.13. The predicted molar refractivity (Wildman–Crippen MR) is 68.4 cm³/mol. The summed E-state index contributed by atoms with van der Waals surface area (Å²) >= 11 is 0. The third-order valence-electron chi connectivity index (χ3n) is 4.08. The standard InChI is InChI=1S/C12H19NO5S/c14-10(9-4-7-19(17,18)8-9)13-12(11(15)16)5-2-1-3-6-12/h9H,1-8H2,(H,13,14)(H,15,16). The Bertz CT molecular complexity index is 478. The minimum atomic E-state index is -3.13. The van der Waals surface area contributed by atoms with Crippen LogP contribution in [-0.2, 0) is 19.4 Å². The number of nitrogens with one attached hydrogen (secondary N) is 1. The third-order valence-corrected chi connectivity index (χ3v) is 5.85. The molecule has 6 nitrogen and oxygen atoms in total. The normalized spacial score (nSPS) is 28.7. The van der Waals surface area contributed by atoms with Crippen molar-refractivity contribution < 1.29 is 23.1 Å². The van der Waals surface area contributed by atoms with Gasteiger partial charge in [-0.2, -0.15) is 0 Å². The van der Waals surface area contributed by atoms with E-state index >= 15 is 0 Å². The van der Waals surface area contributed by atoms with Crippen molar-refractivity contribution in [2.24, 2.45) is 5.92 Å². The summed E-state index contributed by atoms with van der Waals surface area (Å²) < 4.78 is 22.7. The second-order valence-corrected chi connectivity index (χ2v) is 7.77. The molecule has 0 aromatic heterocycles. The first kappa shape index (κ1) is 14.3. The molecular weight excluding hydrogens is 270 g/mol. The third kappa shape index (κ3) is 3.08. The summed E-state index contributed by atoms with van der Waals surface area (Å²) in [6.07, 6.45) is 3.67. The highest BCUT2D eigenvalue weighted by atomic mass is 32.2. The number of amides is 1. The van der Waals surface area contributed by atoms with Crippen LogP contribution < -0.4 is 5.32 Å². The van der Waals surface area contributed by atoms with Gasteiger partial charge in [0.05, 0.1) is 17.4 Å². The first-order valence-corrected chi connectivity index (χ1v) is 8.43. The van der Waals surface area contributed by atoms with Crippen LogP contribution in [0.15, 0.2) is 0 Å². The van der Waals surface area contributed by atoms with Gasteiger partial charge in [-0.1, -0.05) is 19.3 Å². The molecule has 0 bridgehead atoms. The molecule has 1 aliphatic carbocycles. The van der Waals surface area contributed by atoms with Gasteiger partial charge in [-0.3, -0.25) is 4.79 Å². The first-order valence-electron chi connectivity index (χ1n) is 6.60. The van der Waals surface area contributed by atoms with Crippen molar-refractivity contribution in [2.45, 2.75) is 44.1 Å². The molecule has 19 heavy (non-hydrogen) atoms. The van der Waals surface area contributed by atoms with E-state index in [1.54, 1.807) is 0 Å². The van der Waals surface area contributed by atoms with E-state index in [-0.39, 0.29) is 11.5 Å². The molecule has 2 N–H and O–H groups in total. The number of hydrogen-bond donors (Lipinski definition) is 2. The maximum absolute atomic E-state index is 12.1. The Morgan fingerprint density at radius 3 is 2.26 bits per heavy atom. The highest BCUT2D eigenvalue weighted by Crippen LogP contribution is 2.29. The number of sulfone groups is 1. The number of carboxylic acids is 1. The van der Waals surface area contributed by atoms with Gasteiger partial charge in [-0.05, 0) is 19.3 Å². The van der Waals surface area contributed by atoms with Crippen LogP contribution in [-0.4, -0.2) is 42.4 Å². The smallest absolute Gasteiger partial charge is 0.329 e. The lowest BCUT2D eigenvalue weighted by atomic mass is 9.81. The molecule has 0 aromatic carbocycles. The number of aliphatic carboxylic acids is 1. The topological polar surface area (TPSA) is 101 Å². The average molecular weight is 289 g/mol. The molecule has 2 aliphatic rings. The second-order valence-electron chi connectivity index (χ2n) is 5.54. The fourth-order valence-electron chi connectivity index (χ4n) is 2.89. The molecule has 1 atom stereocenters. The maximum Gasteiger partial charge on any atom is 0.329 e. The Labute approximate surface area is 112 Å². The molecule has 1 saturated heterocycles. The van der Waals surface area contributed by atoms with Crippen LogP contribution in [0, 0.1) is 5.92 Å². The Morgan fingerprint density at radius 1 is 1.16 bits per heavy atom. The summed E-state index contributed by atoms with van der Waals surface area (Å²) in [6.45, 7) is 0. The Balaban J connectivity index is 2.06. The minimum Gasteiger partial charge on any atom is -0.480 e. The second kappa shape index (κ2) is 5.11. The van der Waals surface area contributed by atoms with Crippen LogP contribution in [0.5, 0.6) is 0 Å². The molecule has 0 radical (unpaired) electrons. The molecule has 1 unspecified atom stereocenters. The highest BCUT2D eigenvalue weighted by molar-refractivity contribution is 7.91. The highest BCUT2D eigenvalue weighted by Gasteiger charge is 2.43. The molecule has 1 saturated carbocycles. The molecule has 2 fully saturated rings. The lowest BCUT2D eigenvalue weighted by Crippen LogP contribution is -2.57. The van der Waals surface area contributed by atoms with Crippen LogP contribution in [0.25, 0.3) is 0 Å². The van der Waals surface area contributed by atoms with E-state index in [2.05, 4.69) is 5.32 Å². The Kier molecular flexibility index (Phi) is 3.85. The van der Waals surface area contributed by atoms with Crippen LogP contribution >= 0.6 is 0 Å². The zero-order valence-corrected chi connectivity index (χ0v) is 11.5. The van der Waals surface area contributed by atoms with Crippen molar-refractivity contribution in [3.05, 3.63) is 0 Å². The minimum absolute atomic E-state index is 0.0190. The van der Waals surface area contributed by atoms with Crippen LogP contribution in [0.3, 0.4) is 0 Å². The monoisotopic (exact) mass is 289 g/mol.